The molecule has 21 heavy (non-hydrogen) atoms. The Morgan fingerprint density at radius 2 is 1.86 bits per heavy atom. The number of hydrogen-bond donors (Lipinski definition) is 1. The van der Waals surface area contributed by atoms with E-state index in [2.05, 4.69) is 12.2 Å². The van der Waals surface area contributed by atoms with Crippen molar-refractivity contribution in [2.45, 2.75) is 12.3 Å². The molecule has 5 atom stereocenters. The van der Waals surface area contributed by atoms with Crippen molar-refractivity contribution in [3.05, 3.63) is 12.2 Å². The summed E-state index contributed by atoms with van der Waals surface area (Å²) in [5, 5.41) is 9.55. The summed E-state index contributed by atoms with van der Waals surface area (Å²) >= 11 is 0. The number of aliphatic hydroxyl groups excluding tert-OH is 1. The Morgan fingerprint density at radius 3 is 2.38 bits per heavy atom. The van der Waals surface area contributed by atoms with Crippen molar-refractivity contribution in [2.75, 3.05) is 34.5 Å². The highest BCUT2D eigenvalue weighted by molar-refractivity contribution is 7.49. The third-order valence-corrected chi connectivity index (χ3v) is 5.87. The van der Waals surface area contributed by atoms with Gasteiger partial charge in [-0.15, -0.1) is 0 Å². The second-order valence-corrected chi connectivity index (χ2v) is 7.09. The highest BCUT2D eigenvalue weighted by atomic mass is 31.2. The number of methoxy groups -OCH3 is 1. The molecular formula is C14H23O6P. The SMILES string of the molecule is COC(=O)C(OCC1C2C=CC(C2)[C@@H]1CO)P(OC)OC. The number of hydrogen-bond acceptors (Lipinski definition) is 6. The average molecular weight is 318 g/mol. The number of carbonyl (C=O) groups excluding carboxylic acids is 1. The van der Waals surface area contributed by atoms with Gasteiger partial charge in [0.05, 0.1) is 13.7 Å². The summed E-state index contributed by atoms with van der Waals surface area (Å²) in [5.74, 6) is -0.0813. The lowest BCUT2D eigenvalue weighted by Gasteiger charge is -2.29. The molecule has 0 radical (unpaired) electrons. The minimum absolute atomic E-state index is 0.145. The van der Waals surface area contributed by atoms with E-state index in [0.717, 1.165) is 6.42 Å². The molecule has 1 fully saturated rings. The van der Waals surface area contributed by atoms with Crippen LogP contribution in [-0.4, -0.2) is 51.5 Å². The minimum Gasteiger partial charge on any atom is -0.467 e. The monoisotopic (exact) mass is 318 g/mol. The van der Waals surface area contributed by atoms with E-state index < -0.39 is 20.2 Å². The molecule has 0 amide bonds. The Morgan fingerprint density at radius 1 is 1.24 bits per heavy atom. The normalized spacial score (nSPS) is 31.9. The van der Waals surface area contributed by atoms with Gasteiger partial charge in [-0.3, -0.25) is 0 Å². The Bertz CT molecular complexity index is 384. The van der Waals surface area contributed by atoms with Gasteiger partial charge < -0.3 is 23.6 Å². The topological polar surface area (TPSA) is 74.2 Å². The number of rotatable bonds is 8. The Kier molecular flexibility index (Phi) is 6.14. The molecule has 0 aromatic rings. The molecule has 1 N–H and O–H groups in total. The number of esters is 1. The van der Waals surface area contributed by atoms with E-state index in [1.807, 2.05) is 0 Å². The van der Waals surface area contributed by atoms with Crippen LogP contribution in [-0.2, 0) is 23.3 Å². The van der Waals surface area contributed by atoms with Crippen LogP contribution >= 0.6 is 8.38 Å². The molecule has 2 bridgehead atoms. The summed E-state index contributed by atoms with van der Waals surface area (Å²) in [7, 11) is 2.78. The molecule has 4 unspecified atom stereocenters. The summed E-state index contributed by atoms with van der Waals surface area (Å²) in [6.07, 6.45) is 5.43. The number of allylic oxidation sites excluding steroid dienone is 2. The lowest BCUT2D eigenvalue weighted by molar-refractivity contribution is -0.150. The molecule has 0 aromatic heterocycles. The smallest absolute Gasteiger partial charge is 0.344 e. The van der Waals surface area contributed by atoms with Crippen molar-refractivity contribution in [3.63, 3.8) is 0 Å². The largest absolute Gasteiger partial charge is 0.467 e. The van der Waals surface area contributed by atoms with Crippen LogP contribution in [0.25, 0.3) is 0 Å². The summed E-state index contributed by atoms with van der Waals surface area (Å²) < 4.78 is 20.9. The summed E-state index contributed by atoms with van der Waals surface area (Å²) in [5.41, 5.74) is 0. The van der Waals surface area contributed by atoms with Gasteiger partial charge in [-0.25, -0.2) is 4.79 Å². The summed E-state index contributed by atoms with van der Waals surface area (Å²) in [4.78, 5) is 11.8. The van der Waals surface area contributed by atoms with Crippen molar-refractivity contribution >= 4 is 14.3 Å². The van der Waals surface area contributed by atoms with Crippen LogP contribution in [0.4, 0.5) is 0 Å². The van der Waals surface area contributed by atoms with E-state index >= 15 is 0 Å². The predicted molar refractivity (Wildman–Crippen MR) is 77.5 cm³/mol. The molecule has 2 aliphatic carbocycles. The van der Waals surface area contributed by atoms with Crippen molar-refractivity contribution in [2.24, 2.45) is 23.7 Å². The molecule has 0 aromatic carbocycles. The van der Waals surface area contributed by atoms with Crippen LogP contribution in [0.3, 0.4) is 0 Å². The first-order valence-electron chi connectivity index (χ1n) is 7.02. The maximum absolute atomic E-state index is 11.8. The highest BCUT2D eigenvalue weighted by Crippen LogP contribution is 2.49. The van der Waals surface area contributed by atoms with Crippen molar-refractivity contribution in [3.8, 4) is 0 Å². The molecule has 0 heterocycles. The predicted octanol–water partition coefficient (Wildman–Crippen LogP) is 1.54. The summed E-state index contributed by atoms with van der Waals surface area (Å²) in [6, 6.07) is 0. The van der Waals surface area contributed by atoms with Crippen LogP contribution in [0, 0.1) is 23.7 Å². The molecular weight excluding hydrogens is 295 g/mol. The molecule has 2 rings (SSSR count). The fraction of sp³-hybridized carbons (Fsp3) is 0.786. The number of ether oxygens (including phenoxy) is 2. The second kappa shape index (κ2) is 7.65. The third-order valence-electron chi connectivity index (χ3n) is 4.41. The van der Waals surface area contributed by atoms with Crippen molar-refractivity contribution in [1.29, 1.82) is 0 Å². The third kappa shape index (κ3) is 3.46. The lowest BCUT2D eigenvalue weighted by Crippen LogP contribution is -2.32. The number of fused-ring (bicyclic) bond motifs is 2. The van der Waals surface area contributed by atoms with E-state index in [1.165, 1.54) is 21.3 Å². The first-order chi connectivity index (χ1) is 10.2. The number of aliphatic hydroxyl groups is 1. The zero-order chi connectivity index (χ0) is 15.4. The highest BCUT2D eigenvalue weighted by Gasteiger charge is 2.45. The molecule has 1 saturated carbocycles. The zero-order valence-electron chi connectivity index (χ0n) is 12.6. The van der Waals surface area contributed by atoms with Gasteiger partial charge in [0.25, 0.3) is 0 Å². The average Bonchev–Trinajstić information content (AvgIpc) is 3.11. The van der Waals surface area contributed by atoms with Gasteiger partial charge in [0.2, 0.25) is 14.2 Å². The molecule has 0 aliphatic heterocycles. The maximum atomic E-state index is 11.8. The molecule has 0 saturated heterocycles. The van der Waals surface area contributed by atoms with E-state index in [-0.39, 0.29) is 18.4 Å². The minimum atomic E-state index is -1.49. The van der Waals surface area contributed by atoms with E-state index in [9.17, 15) is 9.90 Å². The van der Waals surface area contributed by atoms with Gasteiger partial charge in [-0.1, -0.05) is 12.2 Å². The molecule has 120 valence electrons. The Balaban J connectivity index is 1.98. The van der Waals surface area contributed by atoms with Gasteiger partial charge >= 0.3 is 5.97 Å². The van der Waals surface area contributed by atoms with Crippen LogP contribution in [0.1, 0.15) is 6.42 Å². The van der Waals surface area contributed by atoms with Crippen LogP contribution in [0.2, 0.25) is 0 Å². The molecule has 0 spiro atoms. The van der Waals surface area contributed by atoms with E-state index in [4.69, 9.17) is 18.5 Å². The zero-order valence-corrected chi connectivity index (χ0v) is 13.5. The molecule has 6 nitrogen and oxygen atoms in total. The van der Waals surface area contributed by atoms with Gasteiger partial charge in [0, 0.05) is 20.8 Å². The van der Waals surface area contributed by atoms with E-state index in [0.29, 0.717) is 18.4 Å². The Labute approximate surface area is 126 Å². The quantitative estimate of drug-likeness (QED) is 0.416. The van der Waals surface area contributed by atoms with Gasteiger partial charge in [-0.2, -0.15) is 0 Å². The van der Waals surface area contributed by atoms with Crippen molar-refractivity contribution in [1.82, 2.24) is 0 Å². The summed E-state index contributed by atoms with van der Waals surface area (Å²) in [6.45, 7) is 0.536. The lowest BCUT2D eigenvalue weighted by atomic mass is 9.84. The first-order valence-corrected chi connectivity index (χ1v) is 8.27. The van der Waals surface area contributed by atoms with Crippen LogP contribution < -0.4 is 0 Å². The first kappa shape index (κ1) is 16.8. The van der Waals surface area contributed by atoms with Gasteiger partial charge in [-0.05, 0) is 30.1 Å². The Hall–Kier alpha value is -0.520. The van der Waals surface area contributed by atoms with Gasteiger partial charge in [0.1, 0.15) is 0 Å². The second-order valence-electron chi connectivity index (χ2n) is 5.32. The molecule has 7 heteroatoms. The van der Waals surface area contributed by atoms with Crippen LogP contribution in [0.15, 0.2) is 12.2 Å². The molecule has 2 aliphatic rings. The number of carbonyl (C=O) groups is 1. The van der Waals surface area contributed by atoms with Crippen LogP contribution in [0.5, 0.6) is 0 Å². The maximum Gasteiger partial charge on any atom is 0.344 e. The standard InChI is InChI=1S/C14H23O6P/c1-17-13(16)14(21(18-2)19-3)20-8-12-10-5-4-9(6-10)11(12)7-15/h4-5,9-12,14-15H,6-8H2,1-3H3/t9?,10?,11-,12?,14?/m0/s1. The fourth-order valence-corrected chi connectivity index (χ4v) is 4.35. The van der Waals surface area contributed by atoms with Crippen molar-refractivity contribution < 1.29 is 28.4 Å². The fourth-order valence-electron chi connectivity index (χ4n) is 3.33. The van der Waals surface area contributed by atoms with E-state index in [1.54, 1.807) is 0 Å². The van der Waals surface area contributed by atoms with Gasteiger partial charge in [0.15, 0.2) is 0 Å².